The third-order valence-electron chi connectivity index (χ3n) is 4.28. The molecule has 0 aliphatic heterocycles. The van der Waals surface area contributed by atoms with Crippen molar-refractivity contribution in [2.45, 2.75) is 6.10 Å². The van der Waals surface area contributed by atoms with Crippen molar-refractivity contribution in [1.29, 1.82) is 5.26 Å². The van der Waals surface area contributed by atoms with Crippen molar-refractivity contribution in [2.24, 2.45) is 0 Å². The summed E-state index contributed by atoms with van der Waals surface area (Å²) in [6.07, 6.45) is -1.19. The average Bonchev–Trinajstić information content (AvgIpc) is 2.82. The number of hydrogen-bond donors (Lipinski definition) is 1. The number of methoxy groups -OCH3 is 1. The fourth-order valence-electron chi connectivity index (χ4n) is 2.80. The molecule has 7 nitrogen and oxygen atoms in total. The van der Waals surface area contributed by atoms with Crippen LogP contribution in [0.1, 0.15) is 17.2 Å². The summed E-state index contributed by atoms with van der Waals surface area (Å²) >= 11 is 0. The van der Waals surface area contributed by atoms with Crippen molar-refractivity contribution >= 4 is 17.6 Å². The summed E-state index contributed by atoms with van der Waals surface area (Å²) in [6, 6.07) is 24.0. The van der Waals surface area contributed by atoms with E-state index in [9.17, 15) is 9.59 Å². The Bertz CT molecular complexity index is 1090. The number of hydrogen-bond acceptors (Lipinski definition) is 6. The Hall–Kier alpha value is -4.31. The van der Waals surface area contributed by atoms with Crippen molar-refractivity contribution in [3.63, 3.8) is 0 Å². The number of ether oxygens (including phenoxy) is 3. The molecular weight excluding hydrogens is 396 g/mol. The van der Waals surface area contributed by atoms with Crippen molar-refractivity contribution in [1.82, 2.24) is 0 Å². The minimum absolute atomic E-state index is 0.263. The number of nitrogens with zero attached hydrogens (tertiary/aromatic N) is 1. The number of benzene rings is 3. The van der Waals surface area contributed by atoms with Crippen LogP contribution in [0.15, 0.2) is 78.9 Å². The molecule has 0 fully saturated rings. The van der Waals surface area contributed by atoms with Crippen LogP contribution in [0.3, 0.4) is 0 Å². The van der Waals surface area contributed by atoms with E-state index in [1.54, 1.807) is 78.9 Å². The first kappa shape index (κ1) is 21.4. The second kappa shape index (κ2) is 10.5. The van der Waals surface area contributed by atoms with E-state index in [2.05, 4.69) is 5.32 Å². The maximum absolute atomic E-state index is 12.9. The van der Waals surface area contributed by atoms with Gasteiger partial charge < -0.3 is 19.5 Å². The van der Waals surface area contributed by atoms with Crippen molar-refractivity contribution in [3.05, 3.63) is 90.0 Å². The minimum atomic E-state index is -1.19. The van der Waals surface area contributed by atoms with Crippen LogP contribution in [0.2, 0.25) is 0 Å². The molecule has 3 rings (SSSR count). The molecule has 0 bridgehead atoms. The van der Waals surface area contributed by atoms with Crippen LogP contribution in [-0.2, 0) is 14.3 Å². The molecule has 0 heterocycles. The second-order valence-corrected chi connectivity index (χ2v) is 6.40. The number of carbonyl (C=O) groups excluding carboxylic acids is 2. The van der Waals surface area contributed by atoms with Gasteiger partial charge in [-0.1, -0.05) is 48.5 Å². The quantitative estimate of drug-likeness (QED) is 0.560. The summed E-state index contributed by atoms with van der Waals surface area (Å²) in [6.45, 7) is -0.450. The number of para-hydroxylation sites is 1. The molecule has 0 aliphatic rings. The Morgan fingerprint density at radius 2 is 1.74 bits per heavy atom. The molecule has 3 aromatic rings. The van der Waals surface area contributed by atoms with E-state index in [-0.39, 0.29) is 5.75 Å². The highest BCUT2D eigenvalue weighted by Crippen LogP contribution is 2.23. The van der Waals surface area contributed by atoms with E-state index in [1.165, 1.54) is 7.11 Å². The highest BCUT2D eigenvalue weighted by atomic mass is 16.6. The molecule has 0 saturated heterocycles. The van der Waals surface area contributed by atoms with Gasteiger partial charge in [0.2, 0.25) is 6.10 Å². The molecule has 156 valence electrons. The SMILES string of the molecule is COc1cccc(NC(=O)[C@H](OC(=O)COc2ccccc2C#N)c2ccccc2)c1. The van der Waals surface area contributed by atoms with Gasteiger partial charge in [0.1, 0.15) is 17.6 Å². The lowest BCUT2D eigenvalue weighted by molar-refractivity contribution is -0.156. The summed E-state index contributed by atoms with van der Waals surface area (Å²) in [5, 5.41) is 11.9. The number of anilines is 1. The third kappa shape index (κ3) is 5.84. The molecular formula is C24H20N2O5. The number of rotatable bonds is 8. The number of nitriles is 1. The highest BCUT2D eigenvalue weighted by Gasteiger charge is 2.25. The standard InChI is InChI=1S/C24H20N2O5/c1-29-20-12-7-11-19(14-20)26-24(28)23(17-8-3-2-4-9-17)31-22(27)16-30-21-13-6-5-10-18(21)15-25/h2-14,23H,16H2,1H3,(H,26,28)/t23-/m1/s1. The normalized spacial score (nSPS) is 11.0. The predicted octanol–water partition coefficient (Wildman–Crippen LogP) is 3.87. The zero-order chi connectivity index (χ0) is 22.1. The lowest BCUT2D eigenvalue weighted by Crippen LogP contribution is -2.28. The number of esters is 1. The summed E-state index contributed by atoms with van der Waals surface area (Å²) < 4.78 is 16.0. The van der Waals surface area contributed by atoms with Gasteiger partial charge in [-0.3, -0.25) is 4.79 Å². The minimum Gasteiger partial charge on any atom is -0.497 e. The molecule has 31 heavy (non-hydrogen) atoms. The van der Waals surface area contributed by atoms with Crippen molar-refractivity contribution in [3.8, 4) is 17.6 Å². The monoisotopic (exact) mass is 416 g/mol. The Kier molecular flexibility index (Phi) is 7.22. The first-order valence-electron chi connectivity index (χ1n) is 9.42. The van der Waals surface area contributed by atoms with E-state index in [0.717, 1.165) is 0 Å². The zero-order valence-corrected chi connectivity index (χ0v) is 16.8. The van der Waals surface area contributed by atoms with Crippen LogP contribution in [-0.4, -0.2) is 25.6 Å². The van der Waals surface area contributed by atoms with Crippen LogP contribution in [0, 0.1) is 11.3 Å². The van der Waals surface area contributed by atoms with Gasteiger partial charge in [0.25, 0.3) is 5.91 Å². The number of carbonyl (C=O) groups is 2. The van der Waals surface area contributed by atoms with Gasteiger partial charge in [-0.15, -0.1) is 0 Å². The molecule has 1 amide bonds. The second-order valence-electron chi connectivity index (χ2n) is 6.40. The third-order valence-corrected chi connectivity index (χ3v) is 4.28. The molecule has 0 unspecified atom stereocenters. The Morgan fingerprint density at radius 1 is 1.00 bits per heavy atom. The van der Waals surface area contributed by atoms with E-state index in [1.807, 2.05) is 6.07 Å². The zero-order valence-electron chi connectivity index (χ0n) is 16.8. The van der Waals surface area contributed by atoms with Crippen molar-refractivity contribution < 1.29 is 23.8 Å². The van der Waals surface area contributed by atoms with Gasteiger partial charge in [-0.05, 0) is 24.3 Å². The molecule has 0 aliphatic carbocycles. The summed E-state index contributed by atoms with van der Waals surface area (Å²) in [7, 11) is 1.53. The van der Waals surface area contributed by atoms with Gasteiger partial charge in [0, 0.05) is 17.3 Å². The van der Waals surface area contributed by atoms with Gasteiger partial charge in [0.15, 0.2) is 6.61 Å². The lowest BCUT2D eigenvalue weighted by atomic mass is 10.1. The van der Waals surface area contributed by atoms with Gasteiger partial charge in [-0.25, -0.2) is 4.79 Å². The fourth-order valence-corrected chi connectivity index (χ4v) is 2.80. The molecule has 0 saturated carbocycles. The maximum Gasteiger partial charge on any atom is 0.345 e. The van der Waals surface area contributed by atoms with Crippen LogP contribution < -0.4 is 14.8 Å². The van der Waals surface area contributed by atoms with E-state index in [0.29, 0.717) is 22.6 Å². The Morgan fingerprint density at radius 3 is 2.48 bits per heavy atom. The smallest absolute Gasteiger partial charge is 0.345 e. The summed E-state index contributed by atoms with van der Waals surface area (Å²) in [4.78, 5) is 25.3. The van der Waals surface area contributed by atoms with Crippen LogP contribution in [0.4, 0.5) is 5.69 Å². The maximum atomic E-state index is 12.9. The summed E-state index contributed by atoms with van der Waals surface area (Å²) in [5.41, 5.74) is 1.31. The lowest BCUT2D eigenvalue weighted by Gasteiger charge is -2.18. The van der Waals surface area contributed by atoms with E-state index >= 15 is 0 Å². The van der Waals surface area contributed by atoms with E-state index in [4.69, 9.17) is 19.5 Å². The molecule has 3 aromatic carbocycles. The van der Waals surface area contributed by atoms with Crippen LogP contribution >= 0.6 is 0 Å². The van der Waals surface area contributed by atoms with E-state index < -0.39 is 24.6 Å². The Labute approximate surface area is 179 Å². The first-order valence-corrected chi connectivity index (χ1v) is 9.42. The molecule has 1 atom stereocenters. The largest absolute Gasteiger partial charge is 0.497 e. The topological polar surface area (TPSA) is 97.7 Å². The van der Waals surface area contributed by atoms with Crippen LogP contribution in [0.25, 0.3) is 0 Å². The number of amides is 1. The first-order chi connectivity index (χ1) is 15.1. The van der Waals surface area contributed by atoms with Crippen LogP contribution in [0.5, 0.6) is 11.5 Å². The fraction of sp³-hybridized carbons (Fsp3) is 0.125. The Balaban J connectivity index is 1.72. The number of nitrogens with one attached hydrogen (secondary N) is 1. The highest BCUT2D eigenvalue weighted by molar-refractivity contribution is 5.96. The van der Waals surface area contributed by atoms with Gasteiger partial charge in [0.05, 0.1) is 12.7 Å². The molecule has 0 spiro atoms. The molecule has 1 N–H and O–H groups in total. The van der Waals surface area contributed by atoms with Crippen molar-refractivity contribution in [2.75, 3.05) is 19.0 Å². The predicted molar refractivity (Wildman–Crippen MR) is 114 cm³/mol. The average molecular weight is 416 g/mol. The molecule has 7 heteroatoms. The molecule has 0 aromatic heterocycles. The van der Waals surface area contributed by atoms with Gasteiger partial charge in [-0.2, -0.15) is 5.26 Å². The summed E-state index contributed by atoms with van der Waals surface area (Å²) in [5.74, 6) is -0.428. The van der Waals surface area contributed by atoms with Gasteiger partial charge >= 0.3 is 5.97 Å². The molecule has 0 radical (unpaired) electrons.